The summed E-state index contributed by atoms with van der Waals surface area (Å²) in [5.41, 5.74) is 0. The first-order valence-corrected chi connectivity index (χ1v) is 10.8. The molecule has 2 heterocycles. The van der Waals surface area contributed by atoms with Crippen LogP contribution in [-0.2, 0) is 10.0 Å². The summed E-state index contributed by atoms with van der Waals surface area (Å²) in [4.78, 5) is 1.91. The van der Waals surface area contributed by atoms with E-state index in [4.69, 9.17) is 0 Å². The van der Waals surface area contributed by atoms with Gasteiger partial charge in [0.2, 0.25) is 15.2 Å². The SMILES string of the molecule is CC(C)c1nnc(N2CCN(S(=O)(=O)c3ccc(OC(F)(F)F)cc3)CC2)s1. The zero-order valence-electron chi connectivity index (χ0n) is 15.2. The normalized spacial score (nSPS) is 16.6. The Morgan fingerprint density at radius 2 is 1.68 bits per heavy atom. The van der Waals surface area contributed by atoms with Crippen molar-refractivity contribution in [3.05, 3.63) is 29.3 Å². The lowest BCUT2D eigenvalue weighted by Gasteiger charge is -2.33. The molecule has 0 atom stereocenters. The van der Waals surface area contributed by atoms with Gasteiger partial charge in [-0.3, -0.25) is 0 Å². The maximum absolute atomic E-state index is 12.7. The van der Waals surface area contributed by atoms with Crippen LogP contribution in [0.2, 0.25) is 0 Å². The summed E-state index contributed by atoms with van der Waals surface area (Å²) in [7, 11) is -3.80. The largest absolute Gasteiger partial charge is 0.573 e. The summed E-state index contributed by atoms with van der Waals surface area (Å²) in [6.45, 7) is 5.47. The Kier molecular flexibility index (Phi) is 5.82. The fourth-order valence-electron chi connectivity index (χ4n) is 2.67. The molecule has 3 rings (SSSR count). The highest BCUT2D eigenvalue weighted by Gasteiger charge is 2.32. The molecular weight excluding hydrogens is 417 g/mol. The van der Waals surface area contributed by atoms with E-state index in [2.05, 4.69) is 14.9 Å². The molecule has 1 fully saturated rings. The molecule has 1 aliphatic rings. The average molecular weight is 436 g/mol. The summed E-state index contributed by atoms with van der Waals surface area (Å²) in [5, 5.41) is 9.99. The van der Waals surface area contributed by atoms with Gasteiger partial charge in [0, 0.05) is 32.1 Å². The van der Waals surface area contributed by atoms with Crippen LogP contribution in [0, 0.1) is 0 Å². The van der Waals surface area contributed by atoms with Gasteiger partial charge in [-0.25, -0.2) is 8.42 Å². The molecule has 28 heavy (non-hydrogen) atoms. The number of hydrogen-bond donors (Lipinski definition) is 0. The van der Waals surface area contributed by atoms with Crippen LogP contribution in [0.1, 0.15) is 24.8 Å². The summed E-state index contributed by atoms with van der Waals surface area (Å²) in [6, 6.07) is 4.21. The molecule has 0 bridgehead atoms. The van der Waals surface area contributed by atoms with Crippen LogP contribution in [0.4, 0.5) is 18.3 Å². The van der Waals surface area contributed by atoms with Gasteiger partial charge < -0.3 is 9.64 Å². The Hall–Kier alpha value is -1.92. The van der Waals surface area contributed by atoms with Crippen molar-refractivity contribution in [2.24, 2.45) is 0 Å². The summed E-state index contributed by atoms with van der Waals surface area (Å²) in [6.07, 6.45) is -4.82. The Bertz CT molecular complexity index is 906. The van der Waals surface area contributed by atoms with Crippen molar-refractivity contribution in [2.45, 2.75) is 31.0 Å². The highest BCUT2D eigenvalue weighted by molar-refractivity contribution is 7.89. The third-order valence-electron chi connectivity index (χ3n) is 4.13. The van der Waals surface area contributed by atoms with Crippen molar-refractivity contribution in [1.29, 1.82) is 0 Å². The number of sulfonamides is 1. The first-order valence-electron chi connectivity index (χ1n) is 8.50. The van der Waals surface area contributed by atoms with Gasteiger partial charge in [0.1, 0.15) is 10.8 Å². The number of nitrogens with zero attached hydrogens (tertiary/aromatic N) is 4. The van der Waals surface area contributed by atoms with E-state index in [1.165, 1.54) is 15.6 Å². The lowest BCUT2D eigenvalue weighted by Crippen LogP contribution is -2.48. The number of aromatic nitrogens is 2. The minimum absolute atomic E-state index is 0.0755. The van der Waals surface area contributed by atoms with Crippen molar-refractivity contribution in [2.75, 3.05) is 31.1 Å². The monoisotopic (exact) mass is 436 g/mol. The molecular formula is C16H19F3N4O3S2. The predicted octanol–water partition coefficient (Wildman–Crippen LogP) is 3.07. The van der Waals surface area contributed by atoms with Crippen molar-refractivity contribution in [1.82, 2.24) is 14.5 Å². The van der Waals surface area contributed by atoms with Gasteiger partial charge in [-0.15, -0.1) is 23.4 Å². The predicted molar refractivity (Wildman–Crippen MR) is 98.1 cm³/mol. The highest BCUT2D eigenvalue weighted by Crippen LogP contribution is 2.28. The maximum Gasteiger partial charge on any atom is 0.573 e. The number of anilines is 1. The van der Waals surface area contributed by atoms with Gasteiger partial charge in [-0.05, 0) is 24.3 Å². The van der Waals surface area contributed by atoms with E-state index >= 15 is 0 Å². The molecule has 1 aromatic carbocycles. The molecule has 2 aromatic rings. The van der Waals surface area contributed by atoms with E-state index in [0.717, 1.165) is 34.4 Å². The third kappa shape index (κ3) is 4.73. The Morgan fingerprint density at radius 3 is 2.18 bits per heavy atom. The smallest absolute Gasteiger partial charge is 0.406 e. The van der Waals surface area contributed by atoms with Crippen molar-refractivity contribution in [3.8, 4) is 5.75 Å². The summed E-state index contributed by atoms with van der Waals surface area (Å²) >= 11 is 1.49. The number of ether oxygens (including phenoxy) is 1. The van der Waals surface area contributed by atoms with Gasteiger partial charge in [-0.2, -0.15) is 4.31 Å². The number of alkyl halides is 3. The number of halogens is 3. The third-order valence-corrected chi connectivity index (χ3v) is 7.33. The summed E-state index contributed by atoms with van der Waals surface area (Å²) in [5.74, 6) is -0.189. The van der Waals surface area contributed by atoms with Gasteiger partial charge in [-0.1, -0.05) is 25.2 Å². The second-order valence-electron chi connectivity index (χ2n) is 6.49. The van der Waals surface area contributed by atoms with E-state index in [9.17, 15) is 21.6 Å². The molecule has 1 aliphatic heterocycles. The van der Waals surface area contributed by atoms with Crippen LogP contribution < -0.4 is 9.64 Å². The molecule has 0 radical (unpaired) electrons. The first kappa shape index (κ1) is 20.8. The lowest BCUT2D eigenvalue weighted by molar-refractivity contribution is -0.274. The standard InChI is InChI=1S/C16H19F3N4O3S2/c1-11(2)14-20-21-15(27-14)22-7-9-23(10-8-22)28(24,25)13-5-3-12(4-6-13)26-16(17,18)19/h3-6,11H,7-10H2,1-2H3. The molecule has 12 heteroatoms. The van der Waals surface area contributed by atoms with Gasteiger partial charge >= 0.3 is 6.36 Å². The van der Waals surface area contributed by atoms with Crippen molar-refractivity contribution in [3.63, 3.8) is 0 Å². The number of benzene rings is 1. The van der Waals surface area contributed by atoms with E-state index in [1.54, 1.807) is 0 Å². The van der Waals surface area contributed by atoms with Crippen LogP contribution in [0.25, 0.3) is 0 Å². The summed E-state index contributed by atoms with van der Waals surface area (Å²) < 4.78 is 67.2. The lowest BCUT2D eigenvalue weighted by atomic mass is 10.2. The minimum Gasteiger partial charge on any atom is -0.406 e. The molecule has 0 spiro atoms. The quantitative estimate of drug-likeness (QED) is 0.717. The fraction of sp³-hybridized carbons (Fsp3) is 0.500. The molecule has 1 aromatic heterocycles. The first-order chi connectivity index (χ1) is 13.1. The Balaban J connectivity index is 1.65. The Labute approximate surface area is 164 Å². The molecule has 0 N–H and O–H groups in total. The minimum atomic E-state index is -4.82. The fourth-order valence-corrected chi connectivity index (χ4v) is 4.99. The van der Waals surface area contributed by atoms with Gasteiger partial charge in [0.05, 0.1) is 4.90 Å². The van der Waals surface area contributed by atoms with E-state index < -0.39 is 22.1 Å². The average Bonchev–Trinajstić information content (AvgIpc) is 3.11. The van der Waals surface area contributed by atoms with E-state index in [1.807, 2.05) is 18.7 Å². The highest BCUT2D eigenvalue weighted by atomic mass is 32.2. The van der Waals surface area contributed by atoms with Gasteiger partial charge in [0.25, 0.3) is 0 Å². The molecule has 0 amide bonds. The van der Waals surface area contributed by atoms with Crippen LogP contribution in [0.5, 0.6) is 5.75 Å². The van der Waals surface area contributed by atoms with E-state index in [0.29, 0.717) is 13.1 Å². The molecule has 0 aliphatic carbocycles. The second kappa shape index (κ2) is 7.84. The zero-order valence-corrected chi connectivity index (χ0v) is 16.8. The van der Waals surface area contributed by atoms with E-state index in [-0.39, 0.29) is 23.9 Å². The molecule has 1 saturated heterocycles. The topological polar surface area (TPSA) is 75.6 Å². The maximum atomic E-state index is 12.7. The van der Waals surface area contributed by atoms with Crippen LogP contribution >= 0.6 is 11.3 Å². The molecule has 7 nitrogen and oxygen atoms in total. The Morgan fingerprint density at radius 1 is 1.07 bits per heavy atom. The molecule has 0 unspecified atom stereocenters. The van der Waals surface area contributed by atoms with Crippen molar-refractivity contribution >= 4 is 26.5 Å². The van der Waals surface area contributed by atoms with Crippen LogP contribution in [-0.4, -0.2) is 55.5 Å². The van der Waals surface area contributed by atoms with Crippen LogP contribution in [0.3, 0.4) is 0 Å². The number of piperazine rings is 1. The second-order valence-corrected chi connectivity index (χ2v) is 9.41. The van der Waals surface area contributed by atoms with Crippen LogP contribution in [0.15, 0.2) is 29.2 Å². The van der Waals surface area contributed by atoms with Gasteiger partial charge in [0.15, 0.2) is 0 Å². The molecule has 0 saturated carbocycles. The molecule has 154 valence electrons. The number of hydrogen-bond acceptors (Lipinski definition) is 7. The number of rotatable bonds is 5. The van der Waals surface area contributed by atoms with Crippen molar-refractivity contribution < 1.29 is 26.3 Å². The zero-order chi connectivity index (χ0) is 20.5.